The van der Waals surface area contributed by atoms with Gasteiger partial charge in [-0.05, 0) is 31.1 Å². The maximum Gasteiger partial charge on any atom is 0.306 e. The fraction of sp³-hybridized carbons (Fsp3) is 0.949. The minimum Gasteiger partial charge on any atom is -0.462 e. The summed E-state index contributed by atoms with van der Waals surface area (Å²) in [6, 6.07) is 0. The first-order chi connectivity index (χ1) is 31.8. The third-order valence-corrected chi connectivity index (χ3v) is 13.8. The summed E-state index contributed by atoms with van der Waals surface area (Å²) in [6.45, 7) is 11.4. The number of esters is 3. The summed E-state index contributed by atoms with van der Waals surface area (Å²) in [4.78, 5) is 38.1. The second-order valence-electron chi connectivity index (χ2n) is 21.0. The molecular weight excluding hydrogens is 805 g/mol. The minimum atomic E-state index is -0.762. The summed E-state index contributed by atoms with van der Waals surface area (Å²) in [6.07, 6.45) is 55.3. The highest BCUT2D eigenvalue weighted by molar-refractivity contribution is 5.71. The predicted octanol–water partition coefficient (Wildman–Crippen LogP) is 19.3. The summed E-state index contributed by atoms with van der Waals surface area (Å²) in [7, 11) is 0. The predicted molar refractivity (Wildman–Crippen MR) is 280 cm³/mol. The van der Waals surface area contributed by atoms with E-state index in [0.717, 1.165) is 69.6 Å². The molecule has 0 rings (SSSR count). The molecule has 0 aliphatic carbocycles. The Morgan fingerprint density at radius 1 is 0.323 bits per heavy atom. The Balaban J connectivity index is 4.19. The van der Waals surface area contributed by atoms with Crippen molar-refractivity contribution in [3.8, 4) is 0 Å². The normalized spacial score (nSPS) is 12.5. The molecule has 0 N–H and O–H groups in total. The quantitative estimate of drug-likeness (QED) is 0.0344. The Labute approximate surface area is 406 Å². The number of rotatable bonds is 53. The van der Waals surface area contributed by atoms with Gasteiger partial charge in [-0.3, -0.25) is 14.4 Å². The molecule has 2 atom stereocenters. The van der Waals surface area contributed by atoms with E-state index in [1.807, 2.05) is 0 Å². The number of carbonyl (C=O) groups excluding carboxylic acids is 3. The van der Waals surface area contributed by atoms with Crippen LogP contribution >= 0.6 is 0 Å². The highest BCUT2D eigenvalue weighted by Crippen LogP contribution is 2.19. The summed E-state index contributed by atoms with van der Waals surface area (Å²) < 4.78 is 16.9. The zero-order valence-electron chi connectivity index (χ0n) is 44.6. The monoisotopic (exact) mass is 919 g/mol. The number of ether oxygens (including phenoxy) is 3. The van der Waals surface area contributed by atoms with Gasteiger partial charge in [0.1, 0.15) is 13.2 Å². The molecule has 6 heteroatoms. The Hall–Kier alpha value is -1.59. The van der Waals surface area contributed by atoms with E-state index in [1.165, 1.54) is 218 Å². The lowest BCUT2D eigenvalue weighted by atomic mass is 9.99. The van der Waals surface area contributed by atoms with Crippen LogP contribution in [0.2, 0.25) is 0 Å². The smallest absolute Gasteiger partial charge is 0.306 e. The first kappa shape index (κ1) is 63.4. The maximum atomic E-state index is 12.8. The largest absolute Gasteiger partial charge is 0.462 e. The van der Waals surface area contributed by atoms with E-state index in [-0.39, 0.29) is 31.1 Å². The SMILES string of the molecule is CCCCCCCCCCCCCCCCC(=O)OC[C@@H](COC(=O)CCCCCCCCCCCCCCCCCCCCC(C)CC)OC(=O)CCCCCCCCCCC(C)C. The van der Waals surface area contributed by atoms with Crippen LogP contribution < -0.4 is 0 Å². The van der Waals surface area contributed by atoms with Gasteiger partial charge in [0.2, 0.25) is 0 Å². The van der Waals surface area contributed by atoms with Gasteiger partial charge in [0.15, 0.2) is 6.10 Å². The summed E-state index contributed by atoms with van der Waals surface area (Å²) in [5.41, 5.74) is 0. The molecule has 0 aliphatic heterocycles. The molecule has 0 aliphatic rings. The van der Waals surface area contributed by atoms with Crippen LogP contribution in [0.1, 0.15) is 330 Å². The van der Waals surface area contributed by atoms with Crippen molar-refractivity contribution < 1.29 is 28.6 Å². The molecule has 386 valence electrons. The van der Waals surface area contributed by atoms with E-state index >= 15 is 0 Å². The first-order valence-corrected chi connectivity index (χ1v) is 29.3. The van der Waals surface area contributed by atoms with Crippen LogP contribution in [0.3, 0.4) is 0 Å². The highest BCUT2D eigenvalue weighted by atomic mass is 16.6. The molecule has 0 aromatic rings. The lowest BCUT2D eigenvalue weighted by Crippen LogP contribution is -2.30. The summed E-state index contributed by atoms with van der Waals surface area (Å²) >= 11 is 0. The molecule has 0 saturated carbocycles. The number of hydrogen-bond donors (Lipinski definition) is 0. The van der Waals surface area contributed by atoms with Crippen LogP contribution in [0, 0.1) is 11.8 Å². The van der Waals surface area contributed by atoms with E-state index in [9.17, 15) is 14.4 Å². The molecule has 0 aromatic carbocycles. The van der Waals surface area contributed by atoms with E-state index < -0.39 is 6.10 Å². The van der Waals surface area contributed by atoms with Crippen molar-refractivity contribution in [3.05, 3.63) is 0 Å². The van der Waals surface area contributed by atoms with Gasteiger partial charge in [-0.25, -0.2) is 0 Å². The molecule has 0 fully saturated rings. The van der Waals surface area contributed by atoms with Gasteiger partial charge >= 0.3 is 17.9 Å². The number of unbranched alkanes of at least 4 members (excludes halogenated alkanes) is 37. The van der Waals surface area contributed by atoms with E-state index in [0.29, 0.717) is 19.3 Å². The van der Waals surface area contributed by atoms with Crippen molar-refractivity contribution in [1.29, 1.82) is 0 Å². The second-order valence-corrected chi connectivity index (χ2v) is 21.0. The van der Waals surface area contributed by atoms with E-state index in [2.05, 4.69) is 34.6 Å². The zero-order valence-corrected chi connectivity index (χ0v) is 44.6. The topological polar surface area (TPSA) is 78.9 Å². The van der Waals surface area contributed by atoms with Crippen molar-refractivity contribution in [2.45, 2.75) is 336 Å². The molecule has 1 unspecified atom stereocenters. The molecule has 0 spiro atoms. The molecule has 0 radical (unpaired) electrons. The second kappa shape index (κ2) is 51.8. The Bertz CT molecular complexity index is 995. The molecule has 6 nitrogen and oxygen atoms in total. The van der Waals surface area contributed by atoms with E-state index in [4.69, 9.17) is 14.2 Å². The maximum absolute atomic E-state index is 12.8. The molecule has 0 bridgehead atoms. The van der Waals surface area contributed by atoms with Gasteiger partial charge in [-0.2, -0.15) is 0 Å². The van der Waals surface area contributed by atoms with Crippen molar-refractivity contribution in [3.63, 3.8) is 0 Å². The van der Waals surface area contributed by atoms with Crippen LogP contribution in [-0.4, -0.2) is 37.2 Å². The van der Waals surface area contributed by atoms with Crippen molar-refractivity contribution in [1.82, 2.24) is 0 Å². The van der Waals surface area contributed by atoms with Gasteiger partial charge in [0, 0.05) is 19.3 Å². The molecule has 0 saturated heterocycles. The lowest BCUT2D eigenvalue weighted by molar-refractivity contribution is -0.167. The van der Waals surface area contributed by atoms with Crippen LogP contribution in [0.5, 0.6) is 0 Å². The van der Waals surface area contributed by atoms with Crippen molar-refractivity contribution in [2.24, 2.45) is 11.8 Å². The lowest BCUT2D eigenvalue weighted by Gasteiger charge is -2.18. The molecule has 0 heterocycles. The fourth-order valence-electron chi connectivity index (χ4n) is 9.02. The highest BCUT2D eigenvalue weighted by Gasteiger charge is 2.19. The average molecular weight is 920 g/mol. The number of hydrogen-bond acceptors (Lipinski definition) is 6. The summed E-state index contributed by atoms with van der Waals surface area (Å²) in [5.74, 6) is 0.861. The van der Waals surface area contributed by atoms with Gasteiger partial charge in [0.25, 0.3) is 0 Å². The molecule has 0 aromatic heterocycles. The molecule has 65 heavy (non-hydrogen) atoms. The van der Waals surface area contributed by atoms with Crippen molar-refractivity contribution >= 4 is 17.9 Å². The Morgan fingerprint density at radius 3 is 0.877 bits per heavy atom. The molecular formula is C59H114O6. The molecule has 0 amide bonds. The minimum absolute atomic E-state index is 0.0632. The van der Waals surface area contributed by atoms with Gasteiger partial charge in [-0.15, -0.1) is 0 Å². The third kappa shape index (κ3) is 51.6. The zero-order chi connectivity index (χ0) is 47.5. The van der Waals surface area contributed by atoms with Crippen LogP contribution in [0.15, 0.2) is 0 Å². The Kier molecular flexibility index (Phi) is 50.5. The van der Waals surface area contributed by atoms with Crippen LogP contribution in [0.4, 0.5) is 0 Å². The first-order valence-electron chi connectivity index (χ1n) is 29.3. The third-order valence-electron chi connectivity index (χ3n) is 13.8. The Morgan fingerprint density at radius 2 is 0.585 bits per heavy atom. The standard InChI is InChI=1S/C59H114O6/c1-6-8-9-10-11-12-13-14-22-25-28-34-39-44-49-57(60)63-52-56(65-59(62)51-46-41-36-31-30-32-37-42-47-54(3)4)53-64-58(61)50-45-40-35-29-26-23-20-18-16-15-17-19-21-24-27-33-38-43-48-55(5)7-2/h54-56H,6-53H2,1-5H3/t55?,56-/m0/s1. The van der Waals surface area contributed by atoms with Crippen LogP contribution in [-0.2, 0) is 28.6 Å². The summed E-state index contributed by atoms with van der Waals surface area (Å²) in [5, 5.41) is 0. The van der Waals surface area contributed by atoms with Crippen LogP contribution in [0.25, 0.3) is 0 Å². The average Bonchev–Trinajstić information content (AvgIpc) is 3.29. The van der Waals surface area contributed by atoms with Crippen molar-refractivity contribution in [2.75, 3.05) is 13.2 Å². The number of carbonyl (C=O) groups is 3. The van der Waals surface area contributed by atoms with Gasteiger partial charge in [0.05, 0.1) is 0 Å². The fourth-order valence-corrected chi connectivity index (χ4v) is 9.02. The van der Waals surface area contributed by atoms with Gasteiger partial charge < -0.3 is 14.2 Å². The van der Waals surface area contributed by atoms with E-state index in [1.54, 1.807) is 0 Å². The van der Waals surface area contributed by atoms with Gasteiger partial charge in [-0.1, -0.05) is 291 Å².